The van der Waals surface area contributed by atoms with Crippen LogP contribution < -0.4 is 16.9 Å². The normalized spacial score (nSPS) is 10.2. The van der Waals surface area contributed by atoms with Crippen molar-refractivity contribution >= 4 is 17.2 Å². The van der Waals surface area contributed by atoms with Gasteiger partial charge in [-0.25, -0.2) is 4.68 Å². The van der Waals surface area contributed by atoms with Crippen LogP contribution in [0.1, 0.15) is 11.1 Å². The highest BCUT2D eigenvalue weighted by Crippen LogP contribution is 2.09. The minimum atomic E-state index is -0.331. The van der Waals surface area contributed by atoms with E-state index in [1.54, 1.807) is 6.07 Å². The Morgan fingerprint density at radius 3 is 2.67 bits per heavy atom. The zero-order chi connectivity index (χ0) is 13.1. The predicted molar refractivity (Wildman–Crippen MR) is 72.8 cm³/mol. The first-order valence-electron chi connectivity index (χ1n) is 5.26. The van der Waals surface area contributed by atoms with Crippen molar-refractivity contribution in [1.29, 1.82) is 0 Å². The third-order valence-electron chi connectivity index (χ3n) is 2.50. The molecular formula is C12H11N3O2S. The van der Waals surface area contributed by atoms with E-state index in [4.69, 9.17) is 18.0 Å². The third-order valence-corrected chi connectivity index (χ3v) is 2.72. The second kappa shape index (κ2) is 4.97. The molecule has 3 N–H and O–H groups in total. The van der Waals surface area contributed by atoms with Gasteiger partial charge in [-0.05, 0) is 5.56 Å². The van der Waals surface area contributed by atoms with Gasteiger partial charge in [0, 0.05) is 17.7 Å². The molecule has 1 aromatic carbocycles. The summed E-state index contributed by atoms with van der Waals surface area (Å²) in [5, 5.41) is 2.45. The van der Waals surface area contributed by atoms with E-state index in [0.717, 1.165) is 5.56 Å². The number of hydrogen-bond acceptors (Lipinski definition) is 3. The SMILES string of the molecule is NC(=S)c1ccccc1Cn1[nH]c(=O)ccc1=O. The second-order valence-corrected chi connectivity index (χ2v) is 4.19. The van der Waals surface area contributed by atoms with Gasteiger partial charge in [-0.3, -0.25) is 14.7 Å². The van der Waals surface area contributed by atoms with E-state index >= 15 is 0 Å². The molecule has 5 nitrogen and oxygen atoms in total. The number of H-pyrrole nitrogens is 1. The lowest BCUT2D eigenvalue weighted by Gasteiger charge is -2.09. The fraction of sp³-hybridized carbons (Fsp3) is 0.0833. The van der Waals surface area contributed by atoms with Crippen LogP contribution in [0, 0.1) is 0 Å². The largest absolute Gasteiger partial charge is 0.389 e. The summed E-state index contributed by atoms with van der Waals surface area (Å²) in [6, 6.07) is 9.65. The highest BCUT2D eigenvalue weighted by molar-refractivity contribution is 7.80. The highest BCUT2D eigenvalue weighted by atomic mass is 32.1. The average Bonchev–Trinajstić information content (AvgIpc) is 2.34. The molecule has 0 atom stereocenters. The van der Waals surface area contributed by atoms with Crippen LogP contribution in [0.2, 0.25) is 0 Å². The van der Waals surface area contributed by atoms with E-state index in [9.17, 15) is 9.59 Å². The lowest BCUT2D eigenvalue weighted by Crippen LogP contribution is -2.29. The summed E-state index contributed by atoms with van der Waals surface area (Å²) in [5.41, 5.74) is 6.48. The second-order valence-electron chi connectivity index (χ2n) is 3.76. The van der Waals surface area contributed by atoms with Crippen molar-refractivity contribution < 1.29 is 0 Å². The molecule has 0 amide bonds. The van der Waals surface area contributed by atoms with Gasteiger partial charge in [-0.1, -0.05) is 36.5 Å². The van der Waals surface area contributed by atoms with Gasteiger partial charge in [-0.15, -0.1) is 0 Å². The van der Waals surface area contributed by atoms with E-state index in [1.165, 1.54) is 16.8 Å². The van der Waals surface area contributed by atoms with Crippen molar-refractivity contribution in [3.8, 4) is 0 Å². The molecule has 0 unspecified atom stereocenters. The van der Waals surface area contributed by atoms with Crippen molar-refractivity contribution in [2.75, 3.05) is 0 Å². The van der Waals surface area contributed by atoms with Gasteiger partial charge in [0.2, 0.25) is 0 Å². The maximum absolute atomic E-state index is 11.6. The molecule has 0 saturated carbocycles. The molecule has 18 heavy (non-hydrogen) atoms. The molecule has 1 aromatic heterocycles. The highest BCUT2D eigenvalue weighted by Gasteiger charge is 2.06. The number of hydrogen-bond donors (Lipinski definition) is 2. The van der Waals surface area contributed by atoms with Crippen molar-refractivity contribution in [2.24, 2.45) is 5.73 Å². The van der Waals surface area contributed by atoms with Gasteiger partial charge in [0.25, 0.3) is 11.1 Å². The van der Waals surface area contributed by atoms with Crippen LogP contribution in [0.3, 0.4) is 0 Å². The Labute approximate surface area is 108 Å². The number of thiocarbonyl (C=S) groups is 1. The van der Waals surface area contributed by atoms with Gasteiger partial charge in [0.15, 0.2) is 0 Å². The smallest absolute Gasteiger partial charge is 0.265 e. The van der Waals surface area contributed by atoms with Crippen LogP contribution in [-0.4, -0.2) is 14.8 Å². The first-order chi connectivity index (χ1) is 8.58. The van der Waals surface area contributed by atoms with Crippen LogP contribution in [0.5, 0.6) is 0 Å². The van der Waals surface area contributed by atoms with Crippen LogP contribution in [-0.2, 0) is 6.54 Å². The molecule has 0 fully saturated rings. The minimum Gasteiger partial charge on any atom is -0.389 e. The molecule has 2 rings (SSSR count). The Kier molecular flexibility index (Phi) is 3.38. The summed E-state index contributed by atoms with van der Waals surface area (Å²) < 4.78 is 1.22. The molecule has 6 heteroatoms. The predicted octanol–water partition coefficient (Wildman–Crippen LogP) is 0.219. The van der Waals surface area contributed by atoms with Crippen molar-refractivity contribution in [3.63, 3.8) is 0 Å². The Balaban J connectivity index is 2.46. The van der Waals surface area contributed by atoms with Crippen LogP contribution >= 0.6 is 12.2 Å². The standard InChI is InChI=1S/C12H11N3O2S/c13-12(18)9-4-2-1-3-8(9)7-15-11(17)6-5-10(16)14-15/h1-6H,7H2,(H2,13,18)(H,14,16). The van der Waals surface area contributed by atoms with E-state index in [2.05, 4.69) is 5.10 Å². The molecule has 0 spiro atoms. The summed E-state index contributed by atoms with van der Waals surface area (Å²) >= 11 is 4.94. The number of aromatic amines is 1. The van der Waals surface area contributed by atoms with Crippen LogP contribution in [0.4, 0.5) is 0 Å². The summed E-state index contributed by atoms with van der Waals surface area (Å²) in [6.45, 7) is 0.225. The number of nitrogens with zero attached hydrogens (tertiary/aromatic N) is 1. The molecule has 2 aromatic rings. The van der Waals surface area contributed by atoms with Crippen molar-refractivity contribution in [2.45, 2.75) is 6.54 Å². The fourth-order valence-electron chi connectivity index (χ4n) is 1.65. The van der Waals surface area contributed by atoms with Crippen molar-refractivity contribution in [3.05, 3.63) is 68.2 Å². The number of aromatic nitrogens is 2. The van der Waals surface area contributed by atoms with E-state index in [-0.39, 0.29) is 22.7 Å². The number of rotatable bonds is 3. The average molecular weight is 261 g/mol. The first kappa shape index (κ1) is 12.3. The molecule has 0 aliphatic heterocycles. The zero-order valence-electron chi connectivity index (χ0n) is 9.42. The lowest BCUT2D eigenvalue weighted by atomic mass is 10.1. The molecule has 92 valence electrons. The Hall–Kier alpha value is -2.21. The lowest BCUT2D eigenvalue weighted by molar-refractivity contribution is 0.627. The Morgan fingerprint density at radius 2 is 1.94 bits per heavy atom. The van der Waals surface area contributed by atoms with E-state index in [0.29, 0.717) is 5.56 Å². The Morgan fingerprint density at radius 1 is 1.22 bits per heavy atom. The molecule has 0 aliphatic rings. The molecule has 0 aliphatic carbocycles. The van der Waals surface area contributed by atoms with E-state index in [1.807, 2.05) is 18.2 Å². The maximum Gasteiger partial charge on any atom is 0.265 e. The van der Waals surface area contributed by atoms with E-state index < -0.39 is 0 Å². The Bertz CT molecular complexity index is 703. The molecule has 0 saturated heterocycles. The third kappa shape index (κ3) is 2.54. The van der Waals surface area contributed by atoms with Crippen LogP contribution in [0.15, 0.2) is 46.0 Å². The summed E-state index contributed by atoms with van der Waals surface area (Å²) in [7, 11) is 0. The molecule has 0 bridgehead atoms. The number of benzene rings is 1. The molecule has 1 heterocycles. The maximum atomic E-state index is 11.6. The van der Waals surface area contributed by atoms with Gasteiger partial charge < -0.3 is 5.73 Å². The van der Waals surface area contributed by atoms with Gasteiger partial charge in [-0.2, -0.15) is 0 Å². The van der Waals surface area contributed by atoms with Crippen molar-refractivity contribution in [1.82, 2.24) is 9.78 Å². The van der Waals surface area contributed by atoms with Crippen LogP contribution in [0.25, 0.3) is 0 Å². The molecular weight excluding hydrogens is 250 g/mol. The summed E-state index contributed by atoms with van der Waals surface area (Å²) in [5.74, 6) is 0. The van der Waals surface area contributed by atoms with Gasteiger partial charge in [0.1, 0.15) is 4.99 Å². The monoisotopic (exact) mass is 261 g/mol. The summed E-state index contributed by atoms with van der Waals surface area (Å²) in [4.78, 5) is 23.0. The first-order valence-corrected chi connectivity index (χ1v) is 5.66. The topological polar surface area (TPSA) is 80.9 Å². The molecule has 0 radical (unpaired) electrons. The minimum absolute atomic E-state index is 0.225. The zero-order valence-corrected chi connectivity index (χ0v) is 10.2. The number of nitrogens with two attached hydrogens (primary N) is 1. The number of nitrogens with one attached hydrogen (secondary N) is 1. The van der Waals surface area contributed by atoms with Gasteiger partial charge >= 0.3 is 0 Å². The van der Waals surface area contributed by atoms with Gasteiger partial charge in [0.05, 0.1) is 6.54 Å². The quantitative estimate of drug-likeness (QED) is 0.774. The summed E-state index contributed by atoms with van der Waals surface area (Å²) in [6.07, 6.45) is 0. The fourth-order valence-corrected chi connectivity index (χ4v) is 1.85.